The van der Waals surface area contributed by atoms with Crippen molar-refractivity contribution in [3.63, 3.8) is 0 Å². The van der Waals surface area contributed by atoms with Crippen LogP contribution in [0, 0.1) is 6.92 Å². The first kappa shape index (κ1) is 17.1. The Labute approximate surface area is 140 Å². The van der Waals surface area contributed by atoms with Crippen LogP contribution in [0.4, 0.5) is 0 Å². The van der Waals surface area contributed by atoms with Crippen molar-refractivity contribution >= 4 is 23.5 Å². The highest BCUT2D eigenvalue weighted by Crippen LogP contribution is 2.12. The quantitative estimate of drug-likeness (QED) is 0.458. The van der Waals surface area contributed by atoms with Crippen LogP contribution in [-0.2, 0) is 11.2 Å². The summed E-state index contributed by atoms with van der Waals surface area (Å²) in [5.74, 6) is 0.675. The van der Waals surface area contributed by atoms with Crippen molar-refractivity contribution in [2.45, 2.75) is 33.1 Å². The molecule has 0 radical (unpaired) electrons. The molecule has 1 heterocycles. The van der Waals surface area contributed by atoms with Gasteiger partial charge in [0.25, 0.3) is 0 Å². The third-order valence-corrected chi connectivity index (χ3v) is 3.99. The first-order valence-electron chi connectivity index (χ1n) is 7.63. The second-order valence-corrected chi connectivity index (χ2v) is 6.07. The maximum atomic E-state index is 11.7. The topological polar surface area (TPSA) is 63.6 Å². The van der Waals surface area contributed by atoms with E-state index in [0.717, 1.165) is 41.5 Å². The molecular weight excluding hydrogens is 310 g/mol. The van der Waals surface area contributed by atoms with Crippen LogP contribution in [0.15, 0.2) is 34.7 Å². The Kier molecular flexibility index (Phi) is 6.75. The monoisotopic (exact) mass is 331 g/mol. The lowest BCUT2D eigenvalue weighted by atomic mass is 10.2. The third kappa shape index (κ3) is 6.20. The number of thiazole rings is 1. The zero-order valence-electron chi connectivity index (χ0n) is 13.4. The average Bonchev–Trinajstić information content (AvgIpc) is 2.94. The van der Waals surface area contributed by atoms with E-state index in [0.29, 0.717) is 0 Å². The van der Waals surface area contributed by atoms with Gasteiger partial charge < -0.3 is 4.74 Å². The molecule has 0 fully saturated rings. The lowest BCUT2D eigenvalue weighted by molar-refractivity contribution is -0.120. The van der Waals surface area contributed by atoms with Crippen molar-refractivity contribution in [1.29, 1.82) is 0 Å². The van der Waals surface area contributed by atoms with Gasteiger partial charge in [-0.2, -0.15) is 5.10 Å². The average molecular weight is 331 g/mol. The SMILES string of the molecule is CCCCOc1ccc(/C=N\NC(=O)Cc2nc(C)cs2)cc1. The van der Waals surface area contributed by atoms with Gasteiger partial charge in [-0.05, 0) is 43.2 Å². The number of carbonyl (C=O) groups excluding carboxylic acids is 1. The summed E-state index contributed by atoms with van der Waals surface area (Å²) in [5, 5.41) is 6.68. The second kappa shape index (κ2) is 9.05. The van der Waals surface area contributed by atoms with Gasteiger partial charge in [-0.15, -0.1) is 11.3 Å². The Hall–Kier alpha value is -2.21. The normalized spacial score (nSPS) is 10.9. The lowest BCUT2D eigenvalue weighted by Crippen LogP contribution is -2.19. The number of ether oxygens (including phenoxy) is 1. The van der Waals surface area contributed by atoms with Gasteiger partial charge in [-0.3, -0.25) is 4.79 Å². The number of aromatic nitrogens is 1. The number of rotatable bonds is 8. The molecule has 5 nitrogen and oxygen atoms in total. The van der Waals surface area contributed by atoms with Gasteiger partial charge in [0.15, 0.2) is 0 Å². The van der Waals surface area contributed by atoms with Gasteiger partial charge in [0.1, 0.15) is 10.8 Å². The molecule has 0 bridgehead atoms. The van der Waals surface area contributed by atoms with Crippen LogP contribution < -0.4 is 10.2 Å². The molecule has 0 aliphatic rings. The molecular formula is C17H21N3O2S. The number of hydrogen-bond acceptors (Lipinski definition) is 5. The highest BCUT2D eigenvalue weighted by Gasteiger charge is 2.05. The molecule has 0 unspecified atom stereocenters. The molecule has 0 aliphatic carbocycles. The number of hydrazone groups is 1. The zero-order chi connectivity index (χ0) is 16.5. The molecule has 0 spiro atoms. The van der Waals surface area contributed by atoms with Crippen LogP contribution >= 0.6 is 11.3 Å². The van der Waals surface area contributed by atoms with E-state index >= 15 is 0 Å². The van der Waals surface area contributed by atoms with Crippen LogP contribution in [0.25, 0.3) is 0 Å². The van der Waals surface area contributed by atoms with Crippen molar-refractivity contribution in [2.24, 2.45) is 5.10 Å². The number of unbranched alkanes of at least 4 members (excludes halogenated alkanes) is 1. The zero-order valence-corrected chi connectivity index (χ0v) is 14.2. The van der Waals surface area contributed by atoms with E-state index in [1.807, 2.05) is 36.6 Å². The van der Waals surface area contributed by atoms with Gasteiger partial charge in [-0.1, -0.05) is 13.3 Å². The molecule has 1 aromatic heterocycles. The van der Waals surface area contributed by atoms with Crippen LogP contribution in [0.3, 0.4) is 0 Å². The highest BCUT2D eigenvalue weighted by atomic mass is 32.1. The lowest BCUT2D eigenvalue weighted by Gasteiger charge is -2.04. The maximum Gasteiger partial charge on any atom is 0.246 e. The summed E-state index contributed by atoms with van der Waals surface area (Å²) in [4.78, 5) is 16.0. The van der Waals surface area contributed by atoms with Crippen LogP contribution in [0.5, 0.6) is 5.75 Å². The van der Waals surface area contributed by atoms with E-state index in [1.54, 1.807) is 6.21 Å². The van der Waals surface area contributed by atoms with E-state index in [-0.39, 0.29) is 12.3 Å². The van der Waals surface area contributed by atoms with Gasteiger partial charge in [0.05, 0.1) is 19.2 Å². The fourth-order valence-corrected chi connectivity index (χ4v) is 2.59. The molecule has 0 aliphatic heterocycles. The van der Waals surface area contributed by atoms with Gasteiger partial charge in [-0.25, -0.2) is 10.4 Å². The molecule has 1 amide bonds. The number of nitrogens with zero attached hydrogens (tertiary/aromatic N) is 2. The summed E-state index contributed by atoms with van der Waals surface area (Å²) < 4.78 is 5.59. The first-order chi connectivity index (χ1) is 11.2. The van der Waals surface area contributed by atoms with E-state index < -0.39 is 0 Å². The molecule has 1 N–H and O–H groups in total. The standard InChI is InChI=1S/C17H21N3O2S/c1-3-4-9-22-15-7-5-14(6-8-15)11-18-20-16(21)10-17-19-13(2)12-23-17/h5-8,11-12H,3-4,9-10H2,1-2H3,(H,20,21)/b18-11-. The largest absolute Gasteiger partial charge is 0.494 e. The van der Waals surface area contributed by atoms with Crippen molar-refractivity contribution in [1.82, 2.24) is 10.4 Å². The fraction of sp³-hybridized carbons (Fsp3) is 0.353. The summed E-state index contributed by atoms with van der Waals surface area (Å²) in [7, 11) is 0. The fourth-order valence-electron chi connectivity index (χ4n) is 1.82. The molecule has 2 aromatic rings. The minimum Gasteiger partial charge on any atom is -0.494 e. The summed E-state index contributed by atoms with van der Waals surface area (Å²) in [6.07, 6.45) is 4.03. The third-order valence-electron chi connectivity index (χ3n) is 3.03. The molecule has 2 rings (SSSR count). The minimum absolute atomic E-state index is 0.171. The highest BCUT2D eigenvalue weighted by molar-refractivity contribution is 7.09. The number of aryl methyl sites for hydroxylation is 1. The number of carbonyl (C=O) groups is 1. The van der Waals surface area contributed by atoms with E-state index in [4.69, 9.17) is 4.74 Å². The first-order valence-corrected chi connectivity index (χ1v) is 8.51. The number of amides is 1. The number of hydrogen-bond donors (Lipinski definition) is 1. The predicted molar refractivity (Wildman–Crippen MR) is 93.1 cm³/mol. The Morgan fingerprint density at radius 2 is 2.17 bits per heavy atom. The van der Waals surface area contributed by atoms with Crippen LogP contribution in [0.1, 0.15) is 36.0 Å². The maximum absolute atomic E-state index is 11.7. The van der Waals surface area contributed by atoms with Crippen molar-refractivity contribution in [3.8, 4) is 5.75 Å². The number of nitrogens with one attached hydrogen (secondary N) is 1. The Morgan fingerprint density at radius 3 is 2.83 bits per heavy atom. The molecule has 0 saturated carbocycles. The van der Waals surface area contributed by atoms with Crippen molar-refractivity contribution < 1.29 is 9.53 Å². The van der Waals surface area contributed by atoms with E-state index in [1.165, 1.54) is 11.3 Å². The minimum atomic E-state index is -0.171. The molecule has 23 heavy (non-hydrogen) atoms. The van der Waals surface area contributed by atoms with Gasteiger partial charge in [0.2, 0.25) is 5.91 Å². The van der Waals surface area contributed by atoms with Gasteiger partial charge in [0, 0.05) is 11.1 Å². The molecule has 0 saturated heterocycles. The summed E-state index contributed by atoms with van der Waals surface area (Å²) in [6.45, 7) is 4.77. The molecule has 0 atom stereocenters. The molecule has 122 valence electrons. The molecule has 6 heteroatoms. The van der Waals surface area contributed by atoms with Crippen molar-refractivity contribution in [2.75, 3.05) is 6.61 Å². The predicted octanol–water partition coefficient (Wildman–Crippen LogP) is 3.32. The van der Waals surface area contributed by atoms with Crippen LogP contribution in [0.2, 0.25) is 0 Å². The molecule has 1 aromatic carbocycles. The summed E-state index contributed by atoms with van der Waals surface area (Å²) >= 11 is 1.48. The van der Waals surface area contributed by atoms with E-state index in [9.17, 15) is 4.79 Å². The smallest absolute Gasteiger partial charge is 0.246 e. The summed E-state index contributed by atoms with van der Waals surface area (Å²) in [6, 6.07) is 7.61. The van der Waals surface area contributed by atoms with Gasteiger partial charge >= 0.3 is 0 Å². The number of benzene rings is 1. The Bertz CT molecular complexity index is 650. The van der Waals surface area contributed by atoms with Crippen LogP contribution in [-0.4, -0.2) is 23.7 Å². The Morgan fingerprint density at radius 1 is 1.39 bits per heavy atom. The summed E-state index contributed by atoms with van der Waals surface area (Å²) in [5.41, 5.74) is 4.35. The van der Waals surface area contributed by atoms with E-state index in [2.05, 4.69) is 22.4 Å². The second-order valence-electron chi connectivity index (χ2n) is 5.12. The Balaban J connectivity index is 1.77. The van der Waals surface area contributed by atoms with Crippen molar-refractivity contribution in [3.05, 3.63) is 45.9 Å².